The maximum absolute atomic E-state index is 11.5. The van der Waals surface area contributed by atoms with Gasteiger partial charge in [-0.3, -0.25) is 14.2 Å². The fourth-order valence-corrected chi connectivity index (χ4v) is 2.30. The summed E-state index contributed by atoms with van der Waals surface area (Å²) in [6, 6.07) is 0. The molecule has 0 bridgehead atoms. The van der Waals surface area contributed by atoms with Crippen molar-refractivity contribution in [1.29, 1.82) is 0 Å². The second kappa shape index (κ2) is 8.54. The topological polar surface area (TPSA) is 84.9 Å². The number of carbonyl (C=O) groups is 1. The Kier molecular flexibility index (Phi) is 8.23. The number of amides is 1. The molecule has 0 aromatic rings. The SMILES string of the molecule is C=C(C)C(=O)NCCCCCOP(=O)(O)O[N+](C)(C)C. The van der Waals surface area contributed by atoms with Crippen LogP contribution in [0, 0.1) is 0 Å². The van der Waals surface area contributed by atoms with Crippen molar-refractivity contribution in [3.8, 4) is 0 Å². The highest BCUT2D eigenvalue weighted by Crippen LogP contribution is 2.45. The van der Waals surface area contributed by atoms with E-state index in [1.807, 2.05) is 0 Å². The van der Waals surface area contributed by atoms with E-state index in [4.69, 9.17) is 9.15 Å². The lowest BCUT2D eigenvalue weighted by Crippen LogP contribution is -2.33. The lowest BCUT2D eigenvalue weighted by molar-refractivity contribution is -1.04. The van der Waals surface area contributed by atoms with E-state index in [1.54, 1.807) is 28.1 Å². The van der Waals surface area contributed by atoms with Gasteiger partial charge in [0.15, 0.2) is 0 Å². The molecule has 8 heteroatoms. The van der Waals surface area contributed by atoms with Crippen LogP contribution in [-0.2, 0) is 18.5 Å². The first-order valence-corrected chi connectivity index (χ1v) is 7.97. The zero-order valence-corrected chi connectivity index (χ0v) is 13.6. The van der Waals surface area contributed by atoms with Crippen molar-refractivity contribution in [1.82, 2.24) is 5.32 Å². The molecular weight excluding hydrogens is 283 g/mol. The minimum absolute atomic E-state index is 0.110. The van der Waals surface area contributed by atoms with Crippen LogP contribution >= 0.6 is 7.82 Å². The Morgan fingerprint density at radius 3 is 2.40 bits per heavy atom. The van der Waals surface area contributed by atoms with Gasteiger partial charge in [-0.15, -0.1) is 0 Å². The van der Waals surface area contributed by atoms with E-state index >= 15 is 0 Å². The van der Waals surface area contributed by atoms with Crippen LogP contribution in [0.5, 0.6) is 0 Å². The number of unbranched alkanes of at least 4 members (excludes halogenated alkanes) is 2. The molecule has 118 valence electrons. The molecule has 0 rings (SSSR count). The summed E-state index contributed by atoms with van der Waals surface area (Å²) >= 11 is 0. The lowest BCUT2D eigenvalue weighted by atomic mass is 10.2. The number of hydrogen-bond donors (Lipinski definition) is 2. The van der Waals surface area contributed by atoms with Gasteiger partial charge in [0.25, 0.3) is 0 Å². The molecular formula is C12H26N2O5P+. The molecule has 0 heterocycles. The van der Waals surface area contributed by atoms with E-state index in [-0.39, 0.29) is 17.2 Å². The Morgan fingerprint density at radius 2 is 1.90 bits per heavy atom. The monoisotopic (exact) mass is 309 g/mol. The zero-order chi connectivity index (χ0) is 15.8. The van der Waals surface area contributed by atoms with Gasteiger partial charge in [-0.2, -0.15) is 4.65 Å². The predicted octanol–water partition coefficient (Wildman–Crippen LogP) is 1.60. The van der Waals surface area contributed by atoms with Crippen LogP contribution in [-0.4, -0.2) is 49.7 Å². The average molecular weight is 309 g/mol. The molecule has 0 aromatic heterocycles. The highest BCUT2D eigenvalue weighted by Gasteiger charge is 2.30. The van der Waals surface area contributed by atoms with Gasteiger partial charge in [-0.05, 0) is 26.2 Å². The first kappa shape index (κ1) is 19.3. The van der Waals surface area contributed by atoms with Crippen LogP contribution < -0.4 is 5.32 Å². The van der Waals surface area contributed by atoms with Crippen LogP contribution in [0.25, 0.3) is 0 Å². The van der Waals surface area contributed by atoms with Gasteiger partial charge in [-0.25, -0.2) is 4.57 Å². The van der Waals surface area contributed by atoms with Gasteiger partial charge in [-0.1, -0.05) is 11.2 Å². The lowest BCUT2D eigenvalue weighted by Gasteiger charge is -2.22. The molecule has 0 spiro atoms. The molecule has 0 aromatic carbocycles. The Balaban J connectivity index is 3.65. The summed E-state index contributed by atoms with van der Waals surface area (Å²) in [5.74, 6) is -0.155. The zero-order valence-electron chi connectivity index (χ0n) is 12.7. The standard InChI is InChI=1S/C12H25N2O5P/c1-11(2)12(15)13-9-7-6-8-10-18-20(16,17)19-14(3,4)5/h1,6-10H2,2-5H3,(H-,13,15,16,17)/p+1. The Bertz CT molecular complexity index is 379. The molecule has 0 aliphatic carbocycles. The summed E-state index contributed by atoms with van der Waals surface area (Å²) in [7, 11) is 0.857. The number of phosphoric ester groups is 1. The predicted molar refractivity (Wildman–Crippen MR) is 76.6 cm³/mol. The summed E-state index contributed by atoms with van der Waals surface area (Å²) in [6.45, 7) is 5.88. The van der Waals surface area contributed by atoms with Gasteiger partial charge < -0.3 is 5.32 Å². The first-order chi connectivity index (χ1) is 9.03. The number of rotatable bonds is 10. The van der Waals surface area contributed by atoms with Crippen molar-refractivity contribution in [2.24, 2.45) is 0 Å². The van der Waals surface area contributed by atoms with E-state index < -0.39 is 7.82 Å². The molecule has 0 aliphatic heterocycles. The van der Waals surface area contributed by atoms with Crippen LogP contribution in [0.3, 0.4) is 0 Å². The number of hydrogen-bond acceptors (Lipinski definition) is 4. The molecule has 7 nitrogen and oxygen atoms in total. The third kappa shape index (κ3) is 11.1. The summed E-state index contributed by atoms with van der Waals surface area (Å²) in [6.07, 6.45) is 2.17. The number of nitrogens with one attached hydrogen (secondary N) is 1. The van der Waals surface area contributed by atoms with Gasteiger partial charge in [0.1, 0.15) is 0 Å². The van der Waals surface area contributed by atoms with Crippen LogP contribution in [0.15, 0.2) is 12.2 Å². The van der Waals surface area contributed by atoms with Crippen LogP contribution in [0.2, 0.25) is 0 Å². The van der Waals surface area contributed by atoms with E-state index in [1.165, 1.54) is 0 Å². The van der Waals surface area contributed by atoms with Crippen molar-refractivity contribution in [3.63, 3.8) is 0 Å². The molecule has 2 N–H and O–H groups in total. The van der Waals surface area contributed by atoms with Crippen molar-refractivity contribution in [2.45, 2.75) is 26.2 Å². The maximum Gasteiger partial charge on any atom is 0.518 e. The normalized spacial score (nSPS) is 14.7. The second-order valence-electron chi connectivity index (χ2n) is 5.37. The smallest absolute Gasteiger partial charge is 0.352 e. The van der Waals surface area contributed by atoms with Gasteiger partial charge in [0, 0.05) is 12.1 Å². The summed E-state index contributed by atoms with van der Waals surface area (Å²) in [5.41, 5.74) is 0.479. The molecule has 0 saturated carbocycles. The van der Waals surface area contributed by atoms with Gasteiger partial charge in [0.05, 0.1) is 27.7 Å². The minimum Gasteiger partial charge on any atom is -0.352 e. The first-order valence-electron chi connectivity index (χ1n) is 6.47. The molecule has 0 saturated heterocycles. The number of carbonyl (C=O) groups excluding carboxylic acids is 1. The number of hydroxylamine groups is 3. The Hall–Kier alpha value is -0.720. The van der Waals surface area contributed by atoms with Crippen molar-refractivity contribution >= 4 is 13.7 Å². The molecule has 0 aliphatic rings. The summed E-state index contributed by atoms with van der Waals surface area (Å²) in [4.78, 5) is 20.6. The average Bonchev–Trinajstić information content (AvgIpc) is 2.23. The summed E-state index contributed by atoms with van der Waals surface area (Å²) in [5, 5.41) is 2.71. The van der Waals surface area contributed by atoms with E-state index in [9.17, 15) is 14.3 Å². The van der Waals surface area contributed by atoms with Crippen molar-refractivity contribution in [3.05, 3.63) is 12.2 Å². The van der Waals surface area contributed by atoms with Crippen molar-refractivity contribution < 1.29 is 28.0 Å². The quantitative estimate of drug-likeness (QED) is 0.210. The number of nitrogens with zero attached hydrogens (tertiary/aromatic N) is 1. The second-order valence-corrected chi connectivity index (χ2v) is 6.73. The number of phosphoric acid groups is 1. The third-order valence-corrected chi connectivity index (χ3v) is 3.30. The molecule has 20 heavy (non-hydrogen) atoms. The third-order valence-electron chi connectivity index (χ3n) is 2.10. The van der Waals surface area contributed by atoms with Gasteiger partial charge in [0.2, 0.25) is 5.91 Å². The minimum atomic E-state index is -4.01. The van der Waals surface area contributed by atoms with E-state index in [2.05, 4.69) is 11.9 Å². The molecule has 0 radical (unpaired) electrons. The largest absolute Gasteiger partial charge is 0.518 e. The van der Waals surface area contributed by atoms with Crippen LogP contribution in [0.1, 0.15) is 26.2 Å². The molecule has 1 atom stereocenters. The van der Waals surface area contributed by atoms with Crippen LogP contribution in [0.4, 0.5) is 0 Å². The van der Waals surface area contributed by atoms with Crippen molar-refractivity contribution in [2.75, 3.05) is 34.3 Å². The highest BCUT2D eigenvalue weighted by molar-refractivity contribution is 7.47. The maximum atomic E-state index is 11.5. The highest BCUT2D eigenvalue weighted by atomic mass is 31.2. The number of quaternary nitrogens is 1. The summed E-state index contributed by atoms with van der Waals surface area (Å²) < 4.78 is 21.1. The van der Waals surface area contributed by atoms with E-state index in [0.717, 1.165) is 12.8 Å². The molecule has 0 fully saturated rings. The molecule has 1 unspecified atom stereocenters. The van der Waals surface area contributed by atoms with E-state index in [0.29, 0.717) is 18.5 Å². The fourth-order valence-electron chi connectivity index (χ4n) is 1.27. The Labute approximate surface area is 120 Å². The van der Waals surface area contributed by atoms with Gasteiger partial charge >= 0.3 is 7.82 Å². The molecule has 1 amide bonds. The fraction of sp³-hybridized carbons (Fsp3) is 0.750. The Morgan fingerprint density at radius 1 is 1.30 bits per heavy atom.